The molecule has 144 valence electrons. The van der Waals surface area contributed by atoms with Crippen LogP contribution in [0.4, 0.5) is 0 Å². The molecular weight excluding hydrogens is 324 g/mol. The molecule has 0 aliphatic heterocycles. The Kier molecular flexibility index (Phi) is 74.9. The number of aliphatic hydroxyl groups is 3. The van der Waals surface area contributed by atoms with Gasteiger partial charge in [0.15, 0.2) is 0 Å². The van der Waals surface area contributed by atoms with Crippen molar-refractivity contribution in [3.63, 3.8) is 0 Å². The molecular formula is C19H45O3Ti-. The Morgan fingerprint density at radius 2 is 0.696 bits per heavy atom. The molecule has 0 saturated heterocycles. The smallest absolute Gasteiger partial charge is 0.0319 e. The van der Waals surface area contributed by atoms with Crippen LogP contribution in [0.3, 0.4) is 0 Å². The fourth-order valence-corrected chi connectivity index (χ4v) is 2.19. The fraction of sp³-hybridized carbons (Fsp3) is 0.947. The van der Waals surface area contributed by atoms with Gasteiger partial charge in [-0.3, -0.25) is 0 Å². The van der Waals surface area contributed by atoms with E-state index in [4.69, 9.17) is 15.3 Å². The summed E-state index contributed by atoms with van der Waals surface area (Å²) in [5, 5.41) is 21.0. The molecule has 3 nitrogen and oxygen atoms in total. The zero-order valence-electron chi connectivity index (χ0n) is 16.4. The Morgan fingerprint density at radius 3 is 0.913 bits per heavy atom. The maximum Gasteiger partial charge on any atom is 0.0319 e. The zero-order valence-corrected chi connectivity index (χ0v) is 18.0. The molecule has 0 aromatic heterocycles. The number of aliphatic hydroxyl groups excluding tert-OH is 3. The van der Waals surface area contributed by atoms with Crippen molar-refractivity contribution >= 4 is 0 Å². The van der Waals surface area contributed by atoms with E-state index in [-0.39, 0.29) is 21.7 Å². The van der Waals surface area contributed by atoms with Crippen molar-refractivity contribution in [3.8, 4) is 0 Å². The van der Waals surface area contributed by atoms with E-state index in [1.165, 1.54) is 83.5 Å². The molecule has 0 aliphatic rings. The van der Waals surface area contributed by atoms with Gasteiger partial charge >= 0.3 is 0 Å². The summed E-state index contributed by atoms with van der Waals surface area (Å²) in [5.41, 5.74) is 0. The Morgan fingerprint density at radius 1 is 0.478 bits per heavy atom. The average Bonchev–Trinajstić information content (AvgIpc) is 2.61. The summed E-state index contributed by atoms with van der Waals surface area (Å²) < 4.78 is 0. The summed E-state index contributed by atoms with van der Waals surface area (Å²) in [6.45, 7) is 6.16. The molecule has 23 heavy (non-hydrogen) atoms. The van der Waals surface area contributed by atoms with Crippen LogP contribution in [-0.2, 0) is 21.7 Å². The first-order valence-corrected chi connectivity index (χ1v) is 9.05. The van der Waals surface area contributed by atoms with Crippen LogP contribution < -0.4 is 0 Å². The van der Waals surface area contributed by atoms with E-state index in [0.29, 0.717) is 0 Å². The first-order valence-electron chi connectivity index (χ1n) is 9.05. The van der Waals surface area contributed by atoms with Crippen LogP contribution >= 0.6 is 0 Å². The summed E-state index contributed by atoms with van der Waals surface area (Å²) in [6.07, 6.45) is 19.8. The molecule has 4 heteroatoms. The largest absolute Gasteiger partial charge is 0.400 e. The summed E-state index contributed by atoms with van der Waals surface area (Å²) in [5.74, 6) is 0. The van der Waals surface area contributed by atoms with Gasteiger partial charge in [-0.15, -0.1) is 0 Å². The van der Waals surface area contributed by atoms with Crippen molar-refractivity contribution in [1.29, 1.82) is 0 Å². The minimum atomic E-state index is 0. The second-order valence-electron chi connectivity index (χ2n) is 5.10. The van der Waals surface area contributed by atoms with Gasteiger partial charge < -0.3 is 22.2 Å². The second kappa shape index (κ2) is 49.5. The standard InChI is InChI=1S/C16H33.3CH4O.Ti/c1-3-5-7-9-11-13-15-16-14-12-10-8-6-4-2;3*1-2;/h1,3-16H2,2H3;3*2H,1H3;/q-1;;;;. The van der Waals surface area contributed by atoms with E-state index in [1.54, 1.807) is 0 Å². The molecule has 0 aromatic rings. The number of unbranched alkanes of at least 4 members (excludes halogenated alkanes) is 13. The van der Waals surface area contributed by atoms with Gasteiger partial charge in [-0.2, -0.15) is 6.42 Å². The Bertz CT molecular complexity index is 111. The molecule has 0 aliphatic carbocycles. The van der Waals surface area contributed by atoms with Crippen molar-refractivity contribution in [3.05, 3.63) is 6.92 Å². The molecule has 0 rings (SSSR count). The summed E-state index contributed by atoms with van der Waals surface area (Å²) in [4.78, 5) is 0. The van der Waals surface area contributed by atoms with Crippen LogP contribution in [0.15, 0.2) is 0 Å². The minimum absolute atomic E-state index is 0. The van der Waals surface area contributed by atoms with Crippen molar-refractivity contribution < 1.29 is 37.0 Å². The van der Waals surface area contributed by atoms with E-state index in [1.807, 2.05) is 0 Å². The third kappa shape index (κ3) is 51.9. The van der Waals surface area contributed by atoms with E-state index < -0.39 is 0 Å². The van der Waals surface area contributed by atoms with E-state index in [0.717, 1.165) is 27.8 Å². The Labute approximate surface area is 162 Å². The average molecular weight is 369 g/mol. The molecule has 0 radical (unpaired) electrons. The number of hydrogen-bond acceptors (Lipinski definition) is 3. The predicted octanol–water partition coefficient (Wildman–Crippen LogP) is 5.12. The van der Waals surface area contributed by atoms with Crippen LogP contribution in [0.1, 0.15) is 96.8 Å². The third-order valence-corrected chi connectivity index (χ3v) is 3.35. The van der Waals surface area contributed by atoms with Gasteiger partial charge in [0.1, 0.15) is 0 Å². The van der Waals surface area contributed by atoms with E-state index >= 15 is 0 Å². The third-order valence-electron chi connectivity index (χ3n) is 3.35. The van der Waals surface area contributed by atoms with Crippen LogP contribution in [0, 0.1) is 6.92 Å². The van der Waals surface area contributed by atoms with Gasteiger partial charge in [0.2, 0.25) is 0 Å². The molecule has 0 fully saturated rings. The van der Waals surface area contributed by atoms with Crippen molar-refractivity contribution in [2.24, 2.45) is 0 Å². The van der Waals surface area contributed by atoms with Crippen LogP contribution in [0.2, 0.25) is 0 Å². The maximum atomic E-state index is 7.00. The molecule has 0 spiro atoms. The number of hydrogen-bond donors (Lipinski definition) is 3. The number of rotatable bonds is 13. The quantitative estimate of drug-likeness (QED) is 0.240. The van der Waals surface area contributed by atoms with E-state index in [2.05, 4.69) is 13.8 Å². The SMILES string of the molecule is CO.CO.CO.[CH2-]CCCCCCCCCCCCCCC.[Ti]. The van der Waals surface area contributed by atoms with Crippen molar-refractivity contribution in [2.45, 2.75) is 96.8 Å². The van der Waals surface area contributed by atoms with Gasteiger partial charge in [-0.25, -0.2) is 0 Å². The van der Waals surface area contributed by atoms with Crippen LogP contribution in [0.5, 0.6) is 0 Å². The summed E-state index contributed by atoms with van der Waals surface area (Å²) in [6, 6.07) is 0. The normalized spacial score (nSPS) is 8.35. The first-order chi connectivity index (χ1) is 10.9. The summed E-state index contributed by atoms with van der Waals surface area (Å²) >= 11 is 0. The molecule has 0 aromatic carbocycles. The fourth-order valence-electron chi connectivity index (χ4n) is 2.19. The molecule has 3 N–H and O–H groups in total. The second-order valence-corrected chi connectivity index (χ2v) is 5.10. The summed E-state index contributed by atoms with van der Waals surface area (Å²) in [7, 11) is 3.00. The maximum absolute atomic E-state index is 7.00. The van der Waals surface area contributed by atoms with Gasteiger partial charge in [-0.1, -0.05) is 90.4 Å². The van der Waals surface area contributed by atoms with E-state index in [9.17, 15) is 0 Å². The van der Waals surface area contributed by atoms with Crippen molar-refractivity contribution in [2.75, 3.05) is 21.3 Å². The molecule has 0 heterocycles. The molecule has 0 atom stereocenters. The molecule has 0 unspecified atom stereocenters. The predicted molar refractivity (Wildman–Crippen MR) is 100 cm³/mol. The molecule has 0 saturated carbocycles. The van der Waals surface area contributed by atoms with Gasteiger partial charge in [-0.05, 0) is 0 Å². The van der Waals surface area contributed by atoms with Crippen LogP contribution in [-0.4, -0.2) is 36.6 Å². The van der Waals surface area contributed by atoms with Gasteiger partial charge in [0.05, 0.1) is 0 Å². The first kappa shape index (κ1) is 34.8. The minimum Gasteiger partial charge on any atom is -0.400 e. The Hall–Kier alpha value is 0.594. The van der Waals surface area contributed by atoms with Crippen LogP contribution in [0.25, 0.3) is 0 Å². The van der Waals surface area contributed by atoms with Gasteiger partial charge in [0.25, 0.3) is 0 Å². The Balaban J connectivity index is -0.000000137. The zero-order chi connectivity index (χ0) is 17.9. The van der Waals surface area contributed by atoms with Gasteiger partial charge in [0, 0.05) is 43.0 Å². The monoisotopic (exact) mass is 369 g/mol. The molecule has 0 bridgehead atoms. The van der Waals surface area contributed by atoms with Crippen molar-refractivity contribution in [1.82, 2.24) is 0 Å². The molecule has 0 amide bonds. The topological polar surface area (TPSA) is 60.7 Å².